The van der Waals surface area contributed by atoms with Gasteiger partial charge in [-0.25, -0.2) is 0 Å². The highest BCUT2D eigenvalue weighted by Crippen LogP contribution is 2.18. The SMILES string of the molecule is Cc1cc(-c2nnc(CCC(=O)NCc3ccncc3)o2)n(C)n1. The molecule has 0 aliphatic heterocycles. The van der Waals surface area contributed by atoms with E-state index < -0.39 is 0 Å². The van der Waals surface area contributed by atoms with Gasteiger partial charge in [0.1, 0.15) is 5.69 Å². The van der Waals surface area contributed by atoms with Gasteiger partial charge in [0.25, 0.3) is 5.89 Å². The highest BCUT2D eigenvalue weighted by atomic mass is 16.4. The molecule has 0 spiro atoms. The molecular weight excluding hydrogens is 308 g/mol. The smallest absolute Gasteiger partial charge is 0.265 e. The van der Waals surface area contributed by atoms with Crippen molar-refractivity contribution >= 4 is 5.91 Å². The van der Waals surface area contributed by atoms with Gasteiger partial charge in [0.2, 0.25) is 11.8 Å². The molecule has 8 heteroatoms. The monoisotopic (exact) mass is 326 g/mol. The second kappa shape index (κ2) is 7.03. The molecule has 0 radical (unpaired) electrons. The van der Waals surface area contributed by atoms with Gasteiger partial charge in [-0.05, 0) is 30.7 Å². The molecular formula is C16H18N6O2. The number of rotatable bonds is 6. The number of nitrogens with one attached hydrogen (secondary N) is 1. The number of pyridine rings is 1. The summed E-state index contributed by atoms with van der Waals surface area (Å²) in [7, 11) is 1.82. The lowest BCUT2D eigenvalue weighted by atomic mass is 10.2. The number of carbonyl (C=O) groups excluding carboxylic acids is 1. The molecule has 0 fully saturated rings. The summed E-state index contributed by atoms with van der Waals surface area (Å²) in [6, 6.07) is 5.60. The molecule has 0 bridgehead atoms. The van der Waals surface area contributed by atoms with Crippen molar-refractivity contribution in [1.82, 2.24) is 30.3 Å². The zero-order valence-corrected chi connectivity index (χ0v) is 13.6. The lowest BCUT2D eigenvalue weighted by Gasteiger charge is -2.03. The molecule has 24 heavy (non-hydrogen) atoms. The van der Waals surface area contributed by atoms with E-state index in [9.17, 15) is 4.79 Å². The van der Waals surface area contributed by atoms with Crippen LogP contribution in [-0.2, 0) is 24.8 Å². The fraction of sp³-hybridized carbons (Fsp3) is 0.312. The third-order valence-electron chi connectivity index (χ3n) is 3.49. The van der Waals surface area contributed by atoms with Crippen LogP contribution in [0, 0.1) is 6.92 Å². The highest BCUT2D eigenvalue weighted by Gasteiger charge is 2.14. The summed E-state index contributed by atoms with van der Waals surface area (Å²) in [4.78, 5) is 15.8. The summed E-state index contributed by atoms with van der Waals surface area (Å²) in [5.41, 5.74) is 2.64. The van der Waals surface area contributed by atoms with Crippen LogP contribution in [0.3, 0.4) is 0 Å². The zero-order valence-electron chi connectivity index (χ0n) is 13.6. The largest absolute Gasteiger partial charge is 0.419 e. The summed E-state index contributed by atoms with van der Waals surface area (Å²) < 4.78 is 7.29. The van der Waals surface area contributed by atoms with E-state index in [-0.39, 0.29) is 12.3 Å². The Labute approximate surface area is 138 Å². The van der Waals surface area contributed by atoms with E-state index in [1.54, 1.807) is 17.1 Å². The number of amides is 1. The van der Waals surface area contributed by atoms with Crippen molar-refractivity contribution in [2.24, 2.45) is 7.05 Å². The van der Waals surface area contributed by atoms with Crippen molar-refractivity contribution in [1.29, 1.82) is 0 Å². The van der Waals surface area contributed by atoms with E-state index in [1.165, 1.54) is 0 Å². The number of carbonyl (C=O) groups is 1. The van der Waals surface area contributed by atoms with Gasteiger partial charge < -0.3 is 9.73 Å². The number of nitrogens with zero attached hydrogens (tertiary/aromatic N) is 5. The third-order valence-corrected chi connectivity index (χ3v) is 3.49. The van der Waals surface area contributed by atoms with Crippen LogP contribution in [0.5, 0.6) is 0 Å². The van der Waals surface area contributed by atoms with Gasteiger partial charge in [-0.2, -0.15) is 5.10 Å². The Morgan fingerprint density at radius 2 is 2.08 bits per heavy atom. The minimum absolute atomic E-state index is 0.0667. The maximum Gasteiger partial charge on any atom is 0.265 e. The Balaban J connectivity index is 1.52. The molecule has 8 nitrogen and oxygen atoms in total. The van der Waals surface area contributed by atoms with E-state index >= 15 is 0 Å². The maximum absolute atomic E-state index is 11.9. The third kappa shape index (κ3) is 3.83. The van der Waals surface area contributed by atoms with Gasteiger partial charge >= 0.3 is 0 Å². The fourth-order valence-corrected chi connectivity index (χ4v) is 2.28. The van der Waals surface area contributed by atoms with Gasteiger partial charge in [-0.3, -0.25) is 14.5 Å². The standard InChI is InChI=1S/C16H18N6O2/c1-11-9-13(22(2)21-11)16-20-19-15(24-16)4-3-14(23)18-10-12-5-7-17-8-6-12/h5-9H,3-4,10H2,1-2H3,(H,18,23). The lowest BCUT2D eigenvalue weighted by Crippen LogP contribution is -2.23. The summed E-state index contributed by atoms with van der Waals surface area (Å²) in [5.74, 6) is 0.774. The Kier molecular flexibility index (Phi) is 4.64. The Hall–Kier alpha value is -3.03. The molecule has 0 unspecified atom stereocenters. The number of aromatic nitrogens is 5. The molecule has 124 valence electrons. The Morgan fingerprint density at radius 1 is 1.29 bits per heavy atom. The fourth-order valence-electron chi connectivity index (χ4n) is 2.28. The first-order valence-electron chi connectivity index (χ1n) is 7.61. The average Bonchev–Trinajstić information content (AvgIpc) is 3.18. The number of hydrogen-bond donors (Lipinski definition) is 1. The van der Waals surface area contributed by atoms with E-state index in [0.717, 1.165) is 17.0 Å². The second-order valence-electron chi connectivity index (χ2n) is 5.43. The topological polar surface area (TPSA) is 98.7 Å². The first-order chi connectivity index (χ1) is 11.6. The normalized spacial score (nSPS) is 10.8. The van der Waals surface area contributed by atoms with Crippen LogP contribution < -0.4 is 5.32 Å². The van der Waals surface area contributed by atoms with Crippen LogP contribution in [-0.4, -0.2) is 30.9 Å². The molecule has 3 aromatic rings. The molecule has 0 saturated heterocycles. The quantitative estimate of drug-likeness (QED) is 0.735. The van der Waals surface area contributed by atoms with Gasteiger partial charge in [-0.1, -0.05) is 0 Å². The van der Waals surface area contributed by atoms with Crippen molar-refractivity contribution in [3.63, 3.8) is 0 Å². The Morgan fingerprint density at radius 3 is 2.79 bits per heavy atom. The molecule has 3 rings (SSSR count). The summed E-state index contributed by atoms with van der Waals surface area (Å²) in [6.07, 6.45) is 4.08. The highest BCUT2D eigenvalue weighted by molar-refractivity contribution is 5.76. The van der Waals surface area contributed by atoms with Crippen molar-refractivity contribution in [3.05, 3.63) is 47.7 Å². The maximum atomic E-state index is 11.9. The molecule has 0 aliphatic rings. The van der Waals surface area contributed by atoms with Crippen LogP contribution in [0.1, 0.15) is 23.6 Å². The molecule has 0 atom stereocenters. The minimum Gasteiger partial charge on any atom is -0.419 e. The molecule has 0 aliphatic carbocycles. The molecule has 0 saturated carbocycles. The van der Waals surface area contributed by atoms with E-state index in [1.807, 2.05) is 32.2 Å². The van der Waals surface area contributed by atoms with Crippen molar-refractivity contribution in [2.45, 2.75) is 26.3 Å². The summed E-state index contributed by atoms with van der Waals surface area (Å²) >= 11 is 0. The van der Waals surface area contributed by atoms with Gasteiger partial charge in [0.15, 0.2) is 0 Å². The second-order valence-corrected chi connectivity index (χ2v) is 5.43. The molecule has 0 aromatic carbocycles. The average molecular weight is 326 g/mol. The minimum atomic E-state index is -0.0667. The predicted molar refractivity (Wildman–Crippen MR) is 85.6 cm³/mol. The van der Waals surface area contributed by atoms with Crippen LogP contribution >= 0.6 is 0 Å². The number of hydrogen-bond acceptors (Lipinski definition) is 6. The summed E-state index contributed by atoms with van der Waals surface area (Å²) in [5, 5.41) is 15.1. The van der Waals surface area contributed by atoms with Crippen LogP contribution in [0.2, 0.25) is 0 Å². The predicted octanol–water partition coefficient (Wildman–Crippen LogP) is 1.42. The lowest BCUT2D eigenvalue weighted by molar-refractivity contribution is -0.121. The van der Waals surface area contributed by atoms with Crippen molar-refractivity contribution < 1.29 is 9.21 Å². The van der Waals surface area contributed by atoms with Crippen molar-refractivity contribution in [2.75, 3.05) is 0 Å². The van der Waals surface area contributed by atoms with Crippen LogP contribution in [0.15, 0.2) is 35.0 Å². The molecule has 1 amide bonds. The van der Waals surface area contributed by atoms with Crippen LogP contribution in [0.25, 0.3) is 11.6 Å². The van der Waals surface area contributed by atoms with E-state index in [2.05, 4.69) is 25.6 Å². The van der Waals surface area contributed by atoms with Crippen molar-refractivity contribution in [3.8, 4) is 11.6 Å². The van der Waals surface area contributed by atoms with Crippen LogP contribution in [0.4, 0.5) is 0 Å². The molecule has 3 heterocycles. The zero-order chi connectivity index (χ0) is 16.9. The molecule has 1 N–H and O–H groups in total. The Bertz CT molecular complexity index is 824. The van der Waals surface area contributed by atoms with E-state index in [4.69, 9.17) is 4.42 Å². The van der Waals surface area contributed by atoms with Gasteiger partial charge in [0.05, 0.1) is 5.69 Å². The first-order valence-corrected chi connectivity index (χ1v) is 7.61. The van der Waals surface area contributed by atoms with Gasteiger partial charge in [0, 0.05) is 38.8 Å². The van der Waals surface area contributed by atoms with Gasteiger partial charge in [-0.15, -0.1) is 10.2 Å². The summed E-state index contributed by atoms with van der Waals surface area (Å²) in [6.45, 7) is 2.37. The molecule has 3 aromatic heterocycles. The van der Waals surface area contributed by atoms with E-state index in [0.29, 0.717) is 24.7 Å². The first kappa shape index (κ1) is 15.9. The number of aryl methyl sites for hydroxylation is 3.